The number of hydrogen-bond donors (Lipinski definition) is 0. The number of unbranched alkanes of at least 4 members (excludes halogenated alkanes) is 3. The Morgan fingerprint density at radius 3 is 1.74 bits per heavy atom. The Hall–Kier alpha value is -0.961. The van der Waals surface area contributed by atoms with E-state index in [1.807, 2.05) is 0 Å². The van der Waals surface area contributed by atoms with Crippen molar-refractivity contribution in [1.29, 1.82) is 0 Å². The standard InChI is InChI=1S/C13H11O.3C4H9.Sn/c1-14-13-9-7-12(8-10-13)11-5-3-2-4-6-11;3*1-3-4-2;/h2-3,5-10H,1H3;3*1,3-4H2,2H3;. The van der Waals surface area contributed by atoms with E-state index < -0.39 is 18.4 Å². The van der Waals surface area contributed by atoms with Crippen molar-refractivity contribution in [2.45, 2.75) is 72.6 Å². The number of rotatable bonds is 12. The molecular formula is C25H38OSn. The third kappa shape index (κ3) is 6.27. The van der Waals surface area contributed by atoms with Crippen molar-refractivity contribution in [3.05, 3.63) is 48.5 Å². The Morgan fingerprint density at radius 1 is 0.704 bits per heavy atom. The van der Waals surface area contributed by atoms with Gasteiger partial charge in [0.1, 0.15) is 0 Å². The van der Waals surface area contributed by atoms with Crippen LogP contribution in [0.15, 0.2) is 48.5 Å². The van der Waals surface area contributed by atoms with Crippen molar-refractivity contribution in [2.24, 2.45) is 0 Å². The topological polar surface area (TPSA) is 9.23 Å². The number of ether oxygens (including phenoxy) is 1. The fraction of sp³-hybridized carbons (Fsp3) is 0.520. The normalized spacial score (nSPS) is 11.6. The van der Waals surface area contributed by atoms with Crippen molar-refractivity contribution < 1.29 is 4.74 Å². The second kappa shape index (κ2) is 11.8. The van der Waals surface area contributed by atoms with Crippen molar-refractivity contribution in [3.63, 3.8) is 0 Å². The second-order valence-electron chi connectivity index (χ2n) is 7.90. The molecule has 0 saturated heterocycles. The van der Waals surface area contributed by atoms with Crippen LogP contribution in [0, 0.1) is 0 Å². The van der Waals surface area contributed by atoms with E-state index in [1.165, 1.54) is 63.0 Å². The zero-order valence-corrected chi connectivity index (χ0v) is 20.7. The van der Waals surface area contributed by atoms with Gasteiger partial charge in [0.2, 0.25) is 0 Å². The van der Waals surface area contributed by atoms with Crippen LogP contribution in [0.1, 0.15) is 59.3 Å². The van der Waals surface area contributed by atoms with Crippen LogP contribution in [0.5, 0.6) is 5.75 Å². The number of methoxy groups -OCH3 is 1. The van der Waals surface area contributed by atoms with Crippen LogP contribution < -0.4 is 8.32 Å². The second-order valence-corrected chi connectivity index (χ2v) is 21.1. The zero-order chi connectivity index (χ0) is 19.5. The predicted octanol–water partition coefficient (Wildman–Crippen LogP) is 7.42. The molecule has 0 aliphatic rings. The van der Waals surface area contributed by atoms with Crippen LogP contribution in [-0.2, 0) is 0 Å². The Morgan fingerprint density at radius 2 is 1.26 bits per heavy atom. The molecule has 0 amide bonds. The van der Waals surface area contributed by atoms with Crippen LogP contribution in [0.25, 0.3) is 11.1 Å². The molecule has 0 spiro atoms. The molecule has 0 bridgehead atoms. The molecule has 0 aromatic heterocycles. The zero-order valence-electron chi connectivity index (χ0n) is 17.9. The maximum absolute atomic E-state index is 5.33. The van der Waals surface area contributed by atoms with E-state index in [0.717, 1.165) is 5.75 Å². The van der Waals surface area contributed by atoms with Gasteiger partial charge in [-0.05, 0) is 0 Å². The molecule has 0 fully saturated rings. The Kier molecular flexibility index (Phi) is 9.75. The molecule has 148 valence electrons. The van der Waals surface area contributed by atoms with E-state index in [1.54, 1.807) is 10.7 Å². The van der Waals surface area contributed by atoms with Gasteiger partial charge in [-0.15, -0.1) is 0 Å². The summed E-state index contributed by atoms with van der Waals surface area (Å²) in [4.78, 5) is 0. The van der Waals surface area contributed by atoms with E-state index in [0.29, 0.717) is 0 Å². The first kappa shape index (κ1) is 22.3. The minimum atomic E-state index is -2.35. The van der Waals surface area contributed by atoms with E-state index in [4.69, 9.17) is 4.74 Å². The van der Waals surface area contributed by atoms with E-state index in [-0.39, 0.29) is 0 Å². The Labute approximate surface area is 171 Å². The molecule has 2 heteroatoms. The first-order valence-electron chi connectivity index (χ1n) is 10.9. The van der Waals surface area contributed by atoms with Gasteiger partial charge in [-0.25, -0.2) is 0 Å². The summed E-state index contributed by atoms with van der Waals surface area (Å²) < 4.78 is 11.7. The molecule has 0 N–H and O–H groups in total. The predicted molar refractivity (Wildman–Crippen MR) is 123 cm³/mol. The summed E-state index contributed by atoms with van der Waals surface area (Å²) in [6.45, 7) is 7.05. The third-order valence-corrected chi connectivity index (χ3v) is 21.5. The van der Waals surface area contributed by atoms with Gasteiger partial charge in [0.05, 0.1) is 0 Å². The molecule has 0 radical (unpaired) electrons. The van der Waals surface area contributed by atoms with Gasteiger partial charge in [-0.1, -0.05) is 0 Å². The maximum atomic E-state index is 5.33. The van der Waals surface area contributed by atoms with E-state index >= 15 is 0 Å². The van der Waals surface area contributed by atoms with Crippen molar-refractivity contribution in [3.8, 4) is 16.9 Å². The first-order valence-corrected chi connectivity index (χ1v) is 18.4. The van der Waals surface area contributed by atoms with Gasteiger partial charge in [0.15, 0.2) is 0 Å². The van der Waals surface area contributed by atoms with Gasteiger partial charge >= 0.3 is 172 Å². The summed E-state index contributed by atoms with van der Waals surface area (Å²) in [6, 6.07) is 18.2. The minimum absolute atomic E-state index is 0.928. The summed E-state index contributed by atoms with van der Waals surface area (Å²) in [7, 11) is 1.73. The number of benzene rings is 2. The molecule has 0 aliphatic heterocycles. The van der Waals surface area contributed by atoms with E-state index in [9.17, 15) is 0 Å². The van der Waals surface area contributed by atoms with Gasteiger partial charge in [-0.2, -0.15) is 0 Å². The third-order valence-electron chi connectivity index (χ3n) is 5.92. The average molecular weight is 473 g/mol. The fourth-order valence-corrected chi connectivity index (χ4v) is 20.2. The van der Waals surface area contributed by atoms with Crippen LogP contribution in [0.2, 0.25) is 13.3 Å². The summed E-state index contributed by atoms with van der Waals surface area (Å²) in [5.74, 6) is 0.928. The van der Waals surface area contributed by atoms with Gasteiger partial charge in [0.25, 0.3) is 0 Å². The summed E-state index contributed by atoms with van der Waals surface area (Å²) >= 11 is -2.35. The molecule has 27 heavy (non-hydrogen) atoms. The summed E-state index contributed by atoms with van der Waals surface area (Å²) in [5, 5.41) is 0. The van der Waals surface area contributed by atoms with Crippen LogP contribution >= 0.6 is 0 Å². The monoisotopic (exact) mass is 474 g/mol. The molecular weight excluding hydrogens is 435 g/mol. The van der Waals surface area contributed by atoms with Crippen molar-refractivity contribution in [2.75, 3.05) is 7.11 Å². The summed E-state index contributed by atoms with van der Waals surface area (Å²) in [5.41, 5.74) is 2.68. The number of hydrogen-bond acceptors (Lipinski definition) is 1. The van der Waals surface area contributed by atoms with Gasteiger partial charge in [-0.3, -0.25) is 0 Å². The van der Waals surface area contributed by atoms with Crippen molar-refractivity contribution in [1.82, 2.24) is 0 Å². The van der Waals surface area contributed by atoms with Gasteiger partial charge < -0.3 is 0 Å². The Balaban J connectivity index is 2.40. The molecule has 0 aliphatic carbocycles. The molecule has 2 rings (SSSR count). The molecule has 2 aromatic carbocycles. The molecule has 0 saturated carbocycles. The summed E-state index contributed by atoms with van der Waals surface area (Å²) in [6.07, 6.45) is 8.22. The molecule has 0 heterocycles. The SMILES string of the molecule is CCC[CH2][Sn]([CH2]CCC)([CH2]CCC)[c]1cccc(-c2ccc(OC)cc2)c1. The Bertz CT molecular complexity index is 641. The molecule has 0 atom stereocenters. The fourth-order valence-electron chi connectivity index (χ4n) is 4.17. The van der Waals surface area contributed by atoms with Gasteiger partial charge in [0, 0.05) is 0 Å². The van der Waals surface area contributed by atoms with Crippen LogP contribution in [0.3, 0.4) is 0 Å². The van der Waals surface area contributed by atoms with E-state index in [2.05, 4.69) is 69.3 Å². The molecule has 2 aromatic rings. The quantitative estimate of drug-likeness (QED) is 0.292. The average Bonchev–Trinajstić information content (AvgIpc) is 2.73. The van der Waals surface area contributed by atoms with Crippen LogP contribution in [-0.4, -0.2) is 25.5 Å². The first-order chi connectivity index (χ1) is 13.2. The molecule has 0 unspecified atom stereocenters. The molecule has 1 nitrogen and oxygen atoms in total. The van der Waals surface area contributed by atoms with Crippen molar-refractivity contribution >= 4 is 22.0 Å². The van der Waals surface area contributed by atoms with Crippen LogP contribution in [0.4, 0.5) is 0 Å².